The number of aromatic hydroxyl groups is 1. The third kappa shape index (κ3) is 5.51. The Kier molecular flexibility index (Phi) is 7.73. The molecular weight excluding hydrogens is 552 g/mol. The lowest BCUT2D eigenvalue weighted by molar-refractivity contribution is -0.122. The Bertz CT molecular complexity index is 1060. The number of thiocarbonyl (C=S) groups is 1. The molecule has 0 bridgehead atoms. The standard InChI is InChI=1S/C21H18Br2N2O3S2/c1-12-5-2-3-6-16(12)24-18(26)7-4-8-25-20(28)17(30-21(25)29)10-13-9-14(22)11-15(23)19(13)27/h2-3,5-6,9-11,27H,4,7-8H2,1H3,(H,24,26)/b17-10-. The van der Waals surface area contributed by atoms with Crippen molar-refractivity contribution in [1.82, 2.24) is 4.90 Å². The van der Waals surface area contributed by atoms with E-state index in [9.17, 15) is 14.7 Å². The maximum Gasteiger partial charge on any atom is 0.266 e. The van der Waals surface area contributed by atoms with Crippen molar-refractivity contribution in [2.75, 3.05) is 11.9 Å². The lowest BCUT2D eigenvalue weighted by atomic mass is 10.2. The van der Waals surface area contributed by atoms with Crippen molar-refractivity contribution >= 4 is 83.7 Å². The van der Waals surface area contributed by atoms with Gasteiger partial charge in [0.15, 0.2) is 0 Å². The number of benzene rings is 2. The van der Waals surface area contributed by atoms with E-state index >= 15 is 0 Å². The van der Waals surface area contributed by atoms with Crippen LogP contribution in [0.15, 0.2) is 50.2 Å². The molecule has 5 nitrogen and oxygen atoms in total. The molecule has 9 heteroatoms. The number of hydrogen-bond donors (Lipinski definition) is 2. The molecule has 2 aromatic rings. The molecule has 2 aromatic carbocycles. The number of nitrogens with zero attached hydrogens (tertiary/aromatic N) is 1. The van der Waals surface area contributed by atoms with Gasteiger partial charge in [-0.25, -0.2) is 0 Å². The van der Waals surface area contributed by atoms with Crippen LogP contribution in [0.5, 0.6) is 5.75 Å². The van der Waals surface area contributed by atoms with E-state index in [1.165, 1.54) is 16.7 Å². The second-order valence-corrected chi connectivity index (χ2v) is 10.1. The number of phenols is 1. The molecule has 3 rings (SSSR count). The van der Waals surface area contributed by atoms with Crippen LogP contribution in [0.2, 0.25) is 0 Å². The molecule has 0 radical (unpaired) electrons. The molecule has 2 amide bonds. The summed E-state index contributed by atoms with van der Waals surface area (Å²) in [6.07, 6.45) is 2.39. The van der Waals surface area contributed by atoms with E-state index in [0.29, 0.717) is 32.2 Å². The number of anilines is 1. The molecular formula is C21H18Br2N2O3S2. The van der Waals surface area contributed by atoms with Crippen molar-refractivity contribution in [1.29, 1.82) is 0 Å². The van der Waals surface area contributed by atoms with Gasteiger partial charge in [0.1, 0.15) is 10.1 Å². The van der Waals surface area contributed by atoms with E-state index < -0.39 is 0 Å². The molecule has 1 heterocycles. The van der Waals surface area contributed by atoms with E-state index in [-0.39, 0.29) is 24.0 Å². The molecule has 0 saturated carbocycles. The van der Waals surface area contributed by atoms with E-state index in [4.69, 9.17) is 12.2 Å². The Labute approximate surface area is 201 Å². The Morgan fingerprint density at radius 2 is 2.03 bits per heavy atom. The zero-order chi connectivity index (χ0) is 21.8. The van der Waals surface area contributed by atoms with Gasteiger partial charge in [-0.2, -0.15) is 0 Å². The summed E-state index contributed by atoms with van der Waals surface area (Å²) in [6.45, 7) is 2.29. The van der Waals surface area contributed by atoms with Gasteiger partial charge in [0, 0.05) is 28.7 Å². The Morgan fingerprint density at radius 3 is 2.77 bits per heavy atom. The van der Waals surface area contributed by atoms with Crippen LogP contribution in [0.4, 0.5) is 5.69 Å². The third-order valence-corrected chi connectivity index (χ3v) is 6.86. The zero-order valence-corrected chi connectivity index (χ0v) is 20.8. The summed E-state index contributed by atoms with van der Waals surface area (Å²) < 4.78 is 1.74. The molecule has 30 heavy (non-hydrogen) atoms. The summed E-state index contributed by atoms with van der Waals surface area (Å²) in [4.78, 5) is 26.9. The van der Waals surface area contributed by atoms with Gasteiger partial charge in [-0.05, 0) is 59.1 Å². The van der Waals surface area contributed by atoms with Crippen molar-refractivity contribution < 1.29 is 14.7 Å². The second-order valence-electron chi connectivity index (χ2n) is 6.63. The largest absolute Gasteiger partial charge is 0.506 e. The SMILES string of the molecule is Cc1ccccc1NC(=O)CCCN1C(=O)/C(=C/c2cc(Br)cc(Br)c2O)SC1=S. The number of halogens is 2. The first-order valence-corrected chi connectivity index (χ1v) is 11.9. The molecule has 1 saturated heterocycles. The number of amides is 2. The summed E-state index contributed by atoms with van der Waals surface area (Å²) in [5.74, 6) is -0.273. The van der Waals surface area contributed by atoms with E-state index in [1.807, 2.05) is 31.2 Å². The van der Waals surface area contributed by atoms with Crippen molar-refractivity contribution in [3.05, 3.63) is 61.4 Å². The maximum atomic E-state index is 12.8. The van der Waals surface area contributed by atoms with Gasteiger partial charge in [-0.1, -0.05) is 58.1 Å². The lowest BCUT2D eigenvalue weighted by Crippen LogP contribution is -2.29. The smallest absolute Gasteiger partial charge is 0.266 e. The summed E-state index contributed by atoms with van der Waals surface area (Å²) in [7, 11) is 0. The van der Waals surface area contributed by atoms with Crippen LogP contribution in [-0.2, 0) is 9.59 Å². The molecule has 0 aromatic heterocycles. The Balaban J connectivity index is 1.60. The minimum Gasteiger partial charge on any atom is -0.506 e. The van der Waals surface area contributed by atoms with Crippen molar-refractivity contribution in [2.24, 2.45) is 0 Å². The molecule has 1 aliphatic rings. The number of carbonyl (C=O) groups is 2. The highest BCUT2D eigenvalue weighted by Crippen LogP contribution is 2.37. The summed E-state index contributed by atoms with van der Waals surface area (Å²) in [5, 5.41) is 13.1. The molecule has 0 unspecified atom stereocenters. The van der Waals surface area contributed by atoms with Gasteiger partial charge in [0.2, 0.25) is 5.91 Å². The molecule has 2 N–H and O–H groups in total. The minimum absolute atomic E-state index is 0.0522. The number of rotatable bonds is 6. The van der Waals surface area contributed by atoms with Crippen molar-refractivity contribution in [3.8, 4) is 5.75 Å². The number of aryl methyl sites for hydroxylation is 1. The highest BCUT2D eigenvalue weighted by molar-refractivity contribution is 9.11. The zero-order valence-electron chi connectivity index (χ0n) is 15.9. The lowest BCUT2D eigenvalue weighted by Gasteiger charge is -2.14. The van der Waals surface area contributed by atoms with Crippen LogP contribution in [0, 0.1) is 6.92 Å². The predicted molar refractivity (Wildman–Crippen MR) is 132 cm³/mol. The molecule has 0 aliphatic carbocycles. The number of thioether (sulfide) groups is 1. The average Bonchev–Trinajstić information content (AvgIpc) is 2.95. The van der Waals surface area contributed by atoms with E-state index in [2.05, 4.69) is 37.2 Å². The van der Waals surface area contributed by atoms with Crippen LogP contribution in [-0.4, -0.2) is 32.7 Å². The predicted octanol–water partition coefficient (Wildman–Crippen LogP) is 5.85. The fourth-order valence-electron chi connectivity index (χ4n) is 2.85. The first kappa shape index (κ1) is 23.0. The van der Waals surface area contributed by atoms with Crippen LogP contribution < -0.4 is 5.32 Å². The Morgan fingerprint density at radius 1 is 1.30 bits per heavy atom. The van der Waals surface area contributed by atoms with Crippen molar-refractivity contribution in [3.63, 3.8) is 0 Å². The molecule has 0 atom stereocenters. The topological polar surface area (TPSA) is 69.6 Å². The normalized spacial score (nSPS) is 15.2. The average molecular weight is 570 g/mol. The van der Waals surface area contributed by atoms with Gasteiger partial charge < -0.3 is 10.4 Å². The number of hydrogen-bond acceptors (Lipinski definition) is 5. The highest BCUT2D eigenvalue weighted by Gasteiger charge is 2.32. The third-order valence-electron chi connectivity index (χ3n) is 4.42. The molecule has 0 spiro atoms. The van der Waals surface area contributed by atoms with Crippen LogP contribution in [0.3, 0.4) is 0 Å². The summed E-state index contributed by atoms with van der Waals surface area (Å²) in [6, 6.07) is 11.0. The first-order chi connectivity index (χ1) is 14.3. The molecule has 156 valence electrons. The fourth-order valence-corrected chi connectivity index (χ4v) is 5.41. The van der Waals surface area contributed by atoms with Crippen LogP contribution in [0.1, 0.15) is 24.0 Å². The second kappa shape index (κ2) is 10.1. The fraction of sp³-hybridized carbons (Fsp3) is 0.190. The van der Waals surface area contributed by atoms with Gasteiger partial charge in [-0.15, -0.1) is 0 Å². The maximum absolute atomic E-state index is 12.8. The quantitative estimate of drug-likeness (QED) is 0.337. The number of phenolic OH excluding ortho intramolecular Hbond substituents is 1. The van der Waals surface area contributed by atoms with Gasteiger partial charge >= 0.3 is 0 Å². The minimum atomic E-state index is -0.222. The first-order valence-electron chi connectivity index (χ1n) is 9.05. The molecule has 1 fully saturated rings. The number of carbonyl (C=O) groups excluding carboxylic acids is 2. The van der Waals surface area contributed by atoms with E-state index in [1.54, 1.807) is 18.2 Å². The van der Waals surface area contributed by atoms with Crippen LogP contribution >= 0.6 is 55.8 Å². The number of nitrogens with one attached hydrogen (secondary N) is 1. The monoisotopic (exact) mass is 568 g/mol. The van der Waals surface area contributed by atoms with Crippen molar-refractivity contribution in [2.45, 2.75) is 19.8 Å². The van der Waals surface area contributed by atoms with Crippen LogP contribution in [0.25, 0.3) is 6.08 Å². The van der Waals surface area contributed by atoms with Gasteiger partial charge in [0.25, 0.3) is 5.91 Å². The van der Waals surface area contributed by atoms with Gasteiger partial charge in [0.05, 0.1) is 9.38 Å². The van der Waals surface area contributed by atoms with E-state index in [0.717, 1.165) is 15.7 Å². The highest BCUT2D eigenvalue weighted by atomic mass is 79.9. The molecule has 1 aliphatic heterocycles. The number of para-hydroxylation sites is 1. The van der Waals surface area contributed by atoms with Gasteiger partial charge in [-0.3, -0.25) is 14.5 Å². The Hall–Kier alpha value is -1.68. The summed E-state index contributed by atoms with van der Waals surface area (Å²) in [5.41, 5.74) is 2.29. The summed E-state index contributed by atoms with van der Waals surface area (Å²) >= 11 is 13.2.